The van der Waals surface area contributed by atoms with Crippen LogP contribution in [0, 0.1) is 5.92 Å². The number of carbonyl (C=O) groups excluding carboxylic acids is 1. The van der Waals surface area contributed by atoms with Gasteiger partial charge in [-0.05, 0) is 60.8 Å². The molecule has 5 nitrogen and oxygen atoms in total. The summed E-state index contributed by atoms with van der Waals surface area (Å²) < 4.78 is 0. The van der Waals surface area contributed by atoms with Crippen LogP contribution < -0.4 is 0 Å². The van der Waals surface area contributed by atoms with Crippen molar-refractivity contribution in [3.8, 4) is 0 Å². The minimum absolute atomic E-state index is 0.0587. The zero-order chi connectivity index (χ0) is 21.3. The molecule has 1 amide bonds. The number of nitrogens with zero attached hydrogens (tertiary/aromatic N) is 3. The molecule has 1 aromatic carbocycles. The van der Waals surface area contributed by atoms with Crippen molar-refractivity contribution in [2.75, 3.05) is 6.54 Å². The number of rotatable bonds is 5. The molecule has 7 heteroatoms. The number of aliphatic hydroxyl groups excluding tert-OH is 1. The molecular weight excluding hydrogens is 421 g/mol. The van der Waals surface area contributed by atoms with Crippen LogP contribution in [-0.2, 0) is 24.2 Å². The summed E-state index contributed by atoms with van der Waals surface area (Å²) in [6.45, 7) is 3.26. The van der Waals surface area contributed by atoms with Gasteiger partial charge in [0.1, 0.15) is 5.82 Å². The first-order chi connectivity index (χ1) is 14.4. The van der Waals surface area contributed by atoms with E-state index < -0.39 is 0 Å². The highest BCUT2D eigenvalue weighted by Crippen LogP contribution is 2.30. The van der Waals surface area contributed by atoms with Gasteiger partial charge in [-0.2, -0.15) is 0 Å². The molecule has 0 bridgehead atoms. The van der Waals surface area contributed by atoms with Gasteiger partial charge in [0.25, 0.3) is 0 Å². The number of fused-ring (bicyclic) bond motifs is 1. The summed E-state index contributed by atoms with van der Waals surface area (Å²) in [4.78, 5) is 24.1. The second-order valence-corrected chi connectivity index (χ2v) is 9.45. The van der Waals surface area contributed by atoms with Crippen LogP contribution in [0.2, 0.25) is 10.0 Å². The van der Waals surface area contributed by atoms with Crippen LogP contribution in [0.3, 0.4) is 0 Å². The quantitative estimate of drug-likeness (QED) is 0.728. The van der Waals surface area contributed by atoms with Crippen LogP contribution in [0.15, 0.2) is 24.4 Å². The Morgan fingerprint density at radius 1 is 1.30 bits per heavy atom. The van der Waals surface area contributed by atoms with E-state index in [4.69, 9.17) is 28.2 Å². The van der Waals surface area contributed by atoms with Crippen LogP contribution in [0.5, 0.6) is 0 Å². The molecular formula is C23H27Cl2N3O2. The summed E-state index contributed by atoms with van der Waals surface area (Å²) >= 11 is 12.1. The molecule has 1 saturated carbocycles. The van der Waals surface area contributed by atoms with E-state index in [0.29, 0.717) is 35.5 Å². The standard InChI is InChI=1S/C23H27Cl2N3O2/c1-14(16-3-5-19(24)20(25)11-16)8-23(30)28-7-6-17-12-26-22(27-21(17)13-28)10-15-2-4-18(29)9-15/h3,5,11-12,14-15,18,29H,2,4,6-10,13H2,1H3/t14?,15-,18-/m1/s1. The molecule has 1 unspecified atom stereocenters. The number of hydrogen-bond acceptors (Lipinski definition) is 4. The Morgan fingerprint density at radius 3 is 2.87 bits per heavy atom. The van der Waals surface area contributed by atoms with Gasteiger partial charge in [-0.25, -0.2) is 9.97 Å². The van der Waals surface area contributed by atoms with Gasteiger partial charge in [-0.3, -0.25) is 4.79 Å². The Morgan fingerprint density at radius 2 is 2.13 bits per heavy atom. The fourth-order valence-corrected chi connectivity index (χ4v) is 4.78. The van der Waals surface area contributed by atoms with Crippen LogP contribution in [0.4, 0.5) is 0 Å². The largest absolute Gasteiger partial charge is 0.393 e. The lowest BCUT2D eigenvalue weighted by Gasteiger charge is -2.29. The third-order valence-electron chi connectivity index (χ3n) is 6.33. The highest BCUT2D eigenvalue weighted by molar-refractivity contribution is 6.42. The minimum Gasteiger partial charge on any atom is -0.393 e. The molecule has 4 rings (SSSR count). The van der Waals surface area contributed by atoms with Crippen LogP contribution >= 0.6 is 23.2 Å². The maximum atomic E-state index is 12.9. The lowest BCUT2D eigenvalue weighted by Crippen LogP contribution is -2.37. The zero-order valence-electron chi connectivity index (χ0n) is 17.2. The van der Waals surface area contributed by atoms with Gasteiger partial charge in [0.15, 0.2) is 0 Å². The van der Waals surface area contributed by atoms with Crippen molar-refractivity contribution < 1.29 is 9.90 Å². The maximum absolute atomic E-state index is 12.9. The molecule has 1 N–H and O–H groups in total. The topological polar surface area (TPSA) is 66.3 Å². The first-order valence-electron chi connectivity index (χ1n) is 10.6. The van der Waals surface area contributed by atoms with Gasteiger partial charge in [0.2, 0.25) is 5.91 Å². The number of aromatic nitrogens is 2. The lowest BCUT2D eigenvalue weighted by atomic mass is 9.96. The van der Waals surface area contributed by atoms with Crippen molar-refractivity contribution in [2.24, 2.45) is 5.92 Å². The predicted octanol–water partition coefficient (Wildman–Crippen LogP) is 4.57. The predicted molar refractivity (Wildman–Crippen MR) is 118 cm³/mol. The molecule has 2 aliphatic rings. The van der Waals surface area contributed by atoms with E-state index in [1.165, 1.54) is 0 Å². The summed E-state index contributed by atoms with van der Waals surface area (Å²) in [6.07, 6.45) is 6.47. The molecule has 1 fully saturated rings. The summed E-state index contributed by atoms with van der Waals surface area (Å²) in [5, 5.41) is 10.8. The van der Waals surface area contributed by atoms with Crippen molar-refractivity contribution in [1.82, 2.24) is 14.9 Å². The van der Waals surface area contributed by atoms with Crippen LogP contribution in [0.1, 0.15) is 61.2 Å². The van der Waals surface area contributed by atoms with Gasteiger partial charge >= 0.3 is 0 Å². The molecule has 1 aromatic heterocycles. The van der Waals surface area contributed by atoms with Crippen molar-refractivity contribution >= 4 is 29.1 Å². The zero-order valence-corrected chi connectivity index (χ0v) is 18.7. The van der Waals surface area contributed by atoms with Gasteiger partial charge in [-0.15, -0.1) is 0 Å². The molecule has 0 saturated heterocycles. The Balaban J connectivity index is 1.39. The Kier molecular flexibility index (Phi) is 6.61. The van der Waals surface area contributed by atoms with E-state index in [-0.39, 0.29) is 17.9 Å². The molecule has 1 aliphatic carbocycles. The summed E-state index contributed by atoms with van der Waals surface area (Å²) in [7, 11) is 0. The number of benzene rings is 1. The van der Waals surface area contributed by atoms with Crippen molar-refractivity contribution in [3.05, 3.63) is 57.1 Å². The molecule has 0 radical (unpaired) electrons. The number of halogens is 2. The van der Waals surface area contributed by atoms with E-state index in [1.54, 1.807) is 6.07 Å². The molecule has 160 valence electrons. The van der Waals surface area contributed by atoms with Gasteiger partial charge in [0, 0.05) is 25.6 Å². The van der Waals surface area contributed by atoms with E-state index in [0.717, 1.165) is 54.7 Å². The molecule has 30 heavy (non-hydrogen) atoms. The first-order valence-corrected chi connectivity index (χ1v) is 11.4. The highest BCUT2D eigenvalue weighted by Gasteiger charge is 2.26. The first kappa shape index (κ1) is 21.5. The Labute approximate surface area is 187 Å². The Bertz CT molecular complexity index is 937. The van der Waals surface area contributed by atoms with Gasteiger partial charge in [-0.1, -0.05) is 36.2 Å². The molecule has 2 heterocycles. The summed E-state index contributed by atoms with van der Waals surface area (Å²) in [6, 6.07) is 5.54. The van der Waals surface area contributed by atoms with Gasteiger partial charge in [0.05, 0.1) is 28.4 Å². The molecule has 2 aromatic rings. The fraction of sp³-hybridized carbons (Fsp3) is 0.522. The monoisotopic (exact) mass is 447 g/mol. The average Bonchev–Trinajstić information content (AvgIpc) is 3.13. The Hall–Kier alpha value is -1.69. The van der Waals surface area contributed by atoms with E-state index in [2.05, 4.69) is 4.98 Å². The smallest absolute Gasteiger partial charge is 0.223 e. The third kappa shape index (κ3) is 4.96. The number of amides is 1. The lowest BCUT2D eigenvalue weighted by molar-refractivity contribution is -0.132. The third-order valence-corrected chi connectivity index (χ3v) is 7.07. The number of carbonyl (C=O) groups is 1. The number of hydrogen-bond donors (Lipinski definition) is 1. The second-order valence-electron chi connectivity index (χ2n) is 8.64. The van der Waals surface area contributed by atoms with Crippen LogP contribution in [0.25, 0.3) is 0 Å². The van der Waals surface area contributed by atoms with Crippen molar-refractivity contribution in [2.45, 2.75) is 64.0 Å². The maximum Gasteiger partial charge on any atom is 0.223 e. The van der Waals surface area contributed by atoms with E-state index >= 15 is 0 Å². The number of aliphatic hydroxyl groups is 1. The van der Waals surface area contributed by atoms with Crippen molar-refractivity contribution in [1.29, 1.82) is 0 Å². The van der Waals surface area contributed by atoms with Crippen LogP contribution in [-0.4, -0.2) is 38.5 Å². The van der Waals surface area contributed by atoms with E-state index in [1.807, 2.05) is 30.2 Å². The van der Waals surface area contributed by atoms with E-state index in [9.17, 15) is 9.90 Å². The van der Waals surface area contributed by atoms with Crippen molar-refractivity contribution in [3.63, 3.8) is 0 Å². The summed E-state index contributed by atoms with van der Waals surface area (Å²) in [5.41, 5.74) is 3.10. The fourth-order valence-electron chi connectivity index (χ4n) is 4.48. The summed E-state index contributed by atoms with van der Waals surface area (Å²) in [5.74, 6) is 1.46. The minimum atomic E-state index is -0.182. The average molecular weight is 448 g/mol. The second kappa shape index (κ2) is 9.21. The van der Waals surface area contributed by atoms with Gasteiger partial charge < -0.3 is 10.0 Å². The molecule has 3 atom stereocenters. The normalized spacial score (nSPS) is 22.1. The SMILES string of the molecule is CC(CC(=O)N1CCc2cnc(C[C@@H]3CC[C@@H](O)C3)nc2C1)c1ccc(Cl)c(Cl)c1. The molecule has 0 spiro atoms. The highest BCUT2D eigenvalue weighted by atomic mass is 35.5. The molecule has 1 aliphatic heterocycles.